The molecule has 0 aliphatic heterocycles. The Hall–Kier alpha value is -0.540. The first-order chi connectivity index (χ1) is 9.65. The molecule has 4 heteroatoms. The van der Waals surface area contributed by atoms with Crippen molar-refractivity contribution in [2.24, 2.45) is 18.9 Å². The highest BCUT2D eigenvalue weighted by atomic mass is 35.5. The summed E-state index contributed by atoms with van der Waals surface area (Å²) in [7, 11) is 2.02. The van der Waals surface area contributed by atoms with Gasteiger partial charge in [-0.05, 0) is 57.4 Å². The van der Waals surface area contributed by atoms with Crippen LogP contribution in [0.5, 0.6) is 0 Å². The first-order valence-corrected chi connectivity index (χ1v) is 8.44. The van der Waals surface area contributed by atoms with Gasteiger partial charge < -0.3 is 5.32 Å². The molecule has 1 aromatic heterocycles. The Morgan fingerprint density at radius 3 is 2.50 bits per heavy atom. The van der Waals surface area contributed by atoms with E-state index in [1.54, 1.807) is 0 Å². The summed E-state index contributed by atoms with van der Waals surface area (Å²) in [6, 6.07) is 0.820. The molecule has 20 heavy (non-hydrogen) atoms. The summed E-state index contributed by atoms with van der Waals surface area (Å²) < 4.78 is 1.98. The van der Waals surface area contributed by atoms with Crippen LogP contribution in [-0.4, -0.2) is 22.4 Å². The van der Waals surface area contributed by atoms with Crippen molar-refractivity contribution in [3.63, 3.8) is 0 Å². The zero-order valence-corrected chi connectivity index (χ0v) is 13.4. The topological polar surface area (TPSA) is 29.9 Å². The van der Waals surface area contributed by atoms with Crippen LogP contribution < -0.4 is 5.32 Å². The van der Waals surface area contributed by atoms with Crippen molar-refractivity contribution in [2.45, 2.75) is 57.9 Å². The molecule has 3 rings (SSSR count). The molecule has 0 spiro atoms. The van der Waals surface area contributed by atoms with Crippen LogP contribution in [-0.2, 0) is 13.5 Å². The monoisotopic (exact) mass is 295 g/mol. The van der Waals surface area contributed by atoms with E-state index in [0.717, 1.165) is 35.0 Å². The molecule has 1 heterocycles. The van der Waals surface area contributed by atoms with Gasteiger partial charge in [0.25, 0.3) is 0 Å². The number of aromatic nitrogens is 2. The molecule has 0 radical (unpaired) electrons. The second kappa shape index (κ2) is 6.07. The predicted octanol–water partition coefficient (Wildman–Crippen LogP) is 3.48. The Balaban J connectivity index is 1.65. The summed E-state index contributed by atoms with van der Waals surface area (Å²) in [6.07, 6.45) is 9.34. The van der Waals surface area contributed by atoms with Gasteiger partial charge in [0.15, 0.2) is 0 Å². The molecule has 112 valence electrons. The van der Waals surface area contributed by atoms with Crippen molar-refractivity contribution >= 4 is 11.6 Å². The van der Waals surface area contributed by atoms with Crippen molar-refractivity contribution in [2.75, 3.05) is 6.54 Å². The van der Waals surface area contributed by atoms with E-state index < -0.39 is 0 Å². The Labute approximate surface area is 127 Å². The van der Waals surface area contributed by atoms with Gasteiger partial charge in [0.2, 0.25) is 0 Å². The maximum Gasteiger partial charge on any atom is 0.0847 e. The molecular weight excluding hydrogens is 270 g/mol. The summed E-state index contributed by atoms with van der Waals surface area (Å²) in [5.41, 5.74) is 2.19. The standard InChI is InChI=1S/C16H26ClN3/c1-11-16(17)15(20(2)19-11)9-12-5-3-4-6-13(12)10-18-14-7-8-14/h12-14,18H,3-10H2,1-2H3. The highest BCUT2D eigenvalue weighted by Gasteiger charge is 2.29. The number of hydrogen-bond donors (Lipinski definition) is 1. The maximum atomic E-state index is 6.42. The second-order valence-corrected chi connectivity index (χ2v) is 7.04. The van der Waals surface area contributed by atoms with Crippen LogP contribution in [0.3, 0.4) is 0 Å². The number of halogens is 1. The van der Waals surface area contributed by atoms with Gasteiger partial charge in [0, 0.05) is 13.1 Å². The number of aryl methyl sites for hydroxylation is 2. The number of rotatable bonds is 5. The van der Waals surface area contributed by atoms with Gasteiger partial charge in [-0.15, -0.1) is 0 Å². The van der Waals surface area contributed by atoms with Gasteiger partial charge in [0.05, 0.1) is 16.4 Å². The molecule has 2 unspecified atom stereocenters. The van der Waals surface area contributed by atoms with Crippen LogP contribution in [0, 0.1) is 18.8 Å². The molecule has 2 atom stereocenters. The van der Waals surface area contributed by atoms with Crippen molar-refractivity contribution < 1.29 is 0 Å². The zero-order chi connectivity index (χ0) is 14.1. The fourth-order valence-electron chi connectivity index (χ4n) is 3.58. The van der Waals surface area contributed by atoms with Gasteiger partial charge in [-0.2, -0.15) is 5.10 Å². The lowest BCUT2D eigenvalue weighted by molar-refractivity contribution is 0.225. The number of hydrogen-bond acceptors (Lipinski definition) is 2. The molecule has 2 aliphatic rings. The van der Waals surface area contributed by atoms with Crippen LogP contribution in [0.25, 0.3) is 0 Å². The van der Waals surface area contributed by atoms with Gasteiger partial charge in [-0.3, -0.25) is 4.68 Å². The molecule has 2 fully saturated rings. The SMILES string of the molecule is Cc1nn(C)c(CC2CCCCC2CNC2CC2)c1Cl. The molecule has 2 aliphatic carbocycles. The summed E-state index contributed by atoms with van der Waals surface area (Å²) in [4.78, 5) is 0. The quantitative estimate of drug-likeness (QED) is 0.901. The fraction of sp³-hybridized carbons (Fsp3) is 0.812. The smallest absolute Gasteiger partial charge is 0.0847 e. The zero-order valence-electron chi connectivity index (χ0n) is 12.7. The van der Waals surface area contributed by atoms with E-state index in [1.165, 1.54) is 50.8 Å². The van der Waals surface area contributed by atoms with Crippen LogP contribution in [0.2, 0.25) is 5.02 Å². The van der Waals surface area contributed by atoms with Crippen molar-refractivity contribution in [3.05, 3.63) is 16.4 Å². The van der Waals surface area contributed by atoms with Crippen molar-refractivity contribution in [1.29, 1.82) is 0 Å². The third-order valence-electron chi connectivity index (χ3n) is 5.03. The minimum Gasteiger partial charge on any atom is -0.314 e. The third-order valence-corrected chi connectivity index (χ3v) is 5.52. The minimum atomic E-state index is 0.766. The van der Waals surface area contributed by atoms with E-state index in [9.17, 15) is 0 Å². The molecule has 0 amide bonds. The number of nitrogens with zero attached hydrogens (tertiary/aromatic N) is 2. The average Bonchev–Trinajstić information content (AvgIpc) is 3.23. The van der Waals surface area contributed by atoms with Gasteiger partial charge in [-0.25, -0.2) is 0 Å². The molecule has 0 aromatic carbocycles. The lowest BCUT2D eigenvalue weighted by atomic mass is 9.77. The highest BCUT2D eigenvalue weighted by Crippen LogP contribution is 2.34. The third kappa shape index (κ3) is 3.20. The fourth-order valence-corrected chi connectivity index (χ4v) is 3.81. The lowest BCUT2D eigenvalue weighted by Gasteiger charge is -2.32. The molecule has 2 saturated carbocycles. The molecule has 0 bridgehead atoms. The van der Waals surface area contributed by atoms with Crippen LogP contribution in [0.4, 0.5) is 0 Å². The predicted molar refractivity (Wildman–Crippen MR) is 83.1 cm³/mol. The maximum absolute atomic E-state index is 6.42. The van der Waals surface area contributed by atoms with Crippen LogP contribution >= 0.6 is 11.6 Å². The molecular formula is C16H26ClN3. The molecule has 1 N–H and O–H groups in total. The van der Waals surface area contributed by atoms with Gasteiger partial charge >= 0.3 is 0 Å². The Bertz CT molecular complexity index is 465. The molecule has 3 nitrogen and oxygen atoms in total. The van der Waals surface area contributed by atoms with E-state index in [4.69, 9.17) is 11.6 Å². The largest absolute Gasteiger partial charge is 0.314 e. The van der Waals surface area contributed by atoms with Gasteiger partial charge in [0.1, 0.15) is 0 Å². The summed E-state index contributed by atoms with van der Waals surface area (Å²) >= 11 is 6.42. The van der Waals surface area contributed by atoms with Gasteiger partial charge in [-0.1, -0.05) is 24.4 Å². The minimum absolute atomic E-state index is 0.766. The van der Waals surface area contributed by atoms with E-state index in [2.05, 4.69) is 10.4 Å². The van der Waals surface area contributed by atoms with E-state index in [-0.39, 0.29) is 0 Å². The van der Waals surface area contributed by atoms with E-state index in [1.807, 2.05) is 18.7 Å². The summed E-state index contributed by atoms with van der Waals surface area (Å²) in [5, 5.41) is 9.06. The Kier molecular flexibility index (Phi) is 4.37. The number of nitrogens with one attached hydrogen (secondary N) is 1. The normalized spacial score (nSPS) is 26.9. The summed E-state index contributed by atoms with van der Waals surface area (Å²) in [6.45, 7) is 3.20. The lowest BCUT2D eigenvalue weighted by Crippen LogP contribution is -2.33. The Morgan fingerprint density at radius 2 is 1.90 bits per heavy atom. The van der Waals surface area contributed by atoms with E-state index in [0.29, 0.717) is 0 Å². The van der Waals surface area contributed by atoms with E-state index >= 15 is 0 Å². The highest BCUT2D eigenvalue weighted by molar-refractivity contribution is 6.31. The molecule has 0 saturated heterocycles. The second-order valence-electron chi connectivity index (χ2n) is 6.66. The van der Waals surface area contributed by atoms with Crippen molar-refractivity contribution in [3.8, 4) is 0 Å². The summed E-state index contributed by atoms with van der Waals surface area (Å²) in [5.74, 6) is 1.58. The first kappa shape index (κ1) is 14.4. The first-order valence-electron chi connectivity index (χ1n) is 8.06. The van der Waals surface area contributed by atoms with Crippen LogP contribution in [0.15, 0.2) is 0 Å². The average molecular weight is 296 g/mol. The van der Waals surface area contributed by atoms with Crippen LogP contribution in [0.1, 0.15) is 49.9 Å². The van der Waals surface area contributed by atoms with Crippen molar-refractivity contribution in [1.82, 2.24) is 15.1 Å². The molecule has 1 aromatic rings. The Morgan fingerprint density at radius 1 is 1.20 bits per heavy atom.